The van der Waals surface area contributed by atoms with E-state index in [0.717, 1.165) is 17.0 Å². The summed E-state index contributed by atoms with van der Waals surface area (Å²) in [4.78, 5) is 16.5. The van der Waals surface area contributed by atoms with Crippen LogP contribution in [0.3, 0.4) is 0 Å². The summed E-state index contributed by atoms with van der Waals surface area (Å²) in [6, 6.07) is 4.01. The van der Waals surface area contributed by atoms with Crippen molar-refractivity contribution in [1.29, 1.82) is 0 Å². The number of hydrogen-bond acceptors (Lipinski definition) is 5. The molecular formula is C15H15F3N2O2S. The summed E-state index contributed by atoms with van der Waals surface area (Å²) in [5, 5.41) is 0.586. The van der Waals surface area contributed by atoms with Crippen molar-refractivity contribution in [2.45, 2.75) is 25.6 Å². The van der Waals surface area contributed by atoms with Crippen LogP contribution in [0.4, 0.5) is 13.2 Å². The van der Waals surface area contributed by atoms with E-state index in [4.69, 9.17) is 5.73 Å². The number of nitrogens with zero attached hydrogens (tertiary/aromatic N) is 1. The van der Waals surface area contributed by atoms with Gasteiger partial charge in [-0.3, -0.25) is 4.79 Å². The largest absolute Gasteiger partial charge is 0.468 e. The van der Waals surface area contributed by atoms with Crippen molar-refractivity contribution in [3.05, 3.63) is 40.4 Å². The number of aryl methyl sites for hydroxylation is 1. The van der Waals surface area contributed by atoms with Gasteiger partial charge in [0.2, 0.25) is 0 Å². The Labute approximate surface area is 135 Å². The van der Waals surface area contributed by atoms with Crippen LogP contribution >= 0.6 is 11.3 Å². The van der Waals surface area contributed by atoms with Crippen LogP contribution in [0.1, 0.15) is 16.1 Å². The number of benzene rings is 1. The highest BCUT2D eigenvalue weighted by molar-refractivity contribution is 7.15. The lowest BCUT2D eigenvalue weighted by atomic mass is 10.1. The van der Waals surface area contributed by atoms with E-state index in [1.165, 1.54) is 30.6 Å². The summed E-state index contributed by atoms with van der Waals surface area (Å²) >= 11 is 1.30. The number of esters is 1. The fourth-order valence-electron chi connectivity index (χ4n) is 1.98. The smallest absolute Gasteiger partial charge is 0.416 e. The number of carbonyl (C=O) groups excluding carboxylic acids is 1. The minimum Gasteiger partial charge on any atom is -0.468 e. The third kappa shape index (κ3) is 4.08. The van der Waals surface area contributed by atoms with E-state index < -0.39 is 23.8 Å². The van der Waals surface area contributed by atoms with Crippen molar-refractivity contribution in [2.75, 3.05) is 7.11 Å². The quantitative estimate of drug-likeness (QED) is 0.865. The number of ether oxygens (including phenoxy) is 1. The number of alkyl halides is 3. The number of nitrogens with two attached hydrogens (primary N) is 1. The maximum absolute atomic E-state index is 12.6. The molecule has 0 fully saturated rings. The van der Waals surface area contributed by atoms with Crippen LogP contribution in [0.5, 0.6) is 0 Å². The van der Waals surface area contributed by atoms with Gasteiger partial charge in [-0.25, -0.2) is 4.98 Å². The SMILES string of the molecule is COC(=O)C(N)Cc1sc(-c2ccc(C(F)(F)F)cc2)nc1C. The molecule has 4 nitrogen and oxygen atoms in total. The molecule has 1 unspecified atom stereocenters. The third-order valence-electron chi connectivity index (χ3n) is 3.26. The summed E-state index contributed by atoms with van der Waals surface area (Å²) in [5.41, 5.74) is 6.30. The van der Waals surface area contributed by atoms with Gasteiger partial charge in [0, 0.05) is 16.9 Å². The number of carbonyl (C=O) groups is 1. The molecule has 8 heteroatoms. The summed E-state index contributed by atoms with van der Waals surface area (Å²) in [5.74, 6) is -0.520. The van der Waals surface area contributed by atoms with Crippen molar-refractivity contribution in [1.82, 2.24) is 4.98 Å². The second kappa shape index (κ2) is 6.67. The van der Waals surface area contributed by atoms with Gasteiger partial charge in [-0.1, -0.05) is 12.1 Å². The van der Waals surface area contributed by atoms with Crippen LogP contribution in [0, 0.1) is 6.92 Å². The highest BCUT2D eigenvalue weighted by atomic mass is 32.1. The van der Waals surface area contributed by atoms with Crippen LogP contribution in [-0.2, 0) is 22.1 Å². The van der Waals surface area contributed by atoms with Gasteiger partial charge in [0.05, 0.1) is 18.4 Å². The van der Waals surface area contributed by atoms with Crippen molar-refractivity contribution in [2.24, 2.45) is 5.73 Å². The fourth-order valence-corrected chi connectivity index (χ4v) is 3.10. The van der Waals surface area contributed by atoms with E-state index in [-0.39, 0.29) is 6.42 Å². The molecule has 2 rings (SSSR count). The van der Waals surface area contributed by atoms with Crippen molar-refractivity contribution in [3.8, 4) is 10.6 Å². The van der Waals surface area contributed by atoms with Crippen LogP contribution in [0.15, 0.2) is 24.3 Å². The molecule has 1 aromatic heterocycles. The number of hydrogen-bond donors (Lipinski definition) is 1. The first-order valence-electron chi connectivity index (χ1n) is 6.69. The number of rotatable bonds is 4. The van der Waals surface area contributed by atoms with Gasteiger partial charge in [-0.05, 0) is 19.1 Å². The molecule has 0 saturated heterocycles. The van der Waals surface area contributed by atoms with E-state index in [1.54, 1.807) is 6.92 Å². The summed E-state index contributed by atoms with van der Waals surface area (Å²) in [6.45, 7) is 1.77. The molecule has 0 spiro atoms. The van der Waals surface area contributed by atoms with Gasteiger partial charge >= 0.3 is 12.1 Å². The summed E-state index contributed by atoms with van der Waals surface area (Å²) in [6.07, 6.45) is -4.09. The second-order valence-corrected chi connectivity index (χ2v) is 6.02. The molecule has 0 saturated carbocycles. The monoisotopic (exact) mass is 344 g/mol. The average Bonchev–Trinajstić information content (AvgIpc) is 2.86. The lowest BCUT2D eigenvalue weighted by Gasteiger charge is -2.07. The van der Waals surface area contributed by atoms with E-state index in [0.29, 0.717) is 16.3 Å². The van der Waals surface area contributed by atoms with E-state index in [2.05, 4.69) is 9.72 Å². The molecule has 2 aromatic rings. The molecule has 0 amide bonds. The van der Waals surface area contributed by atoms with Crippen molar-refractivity contribution < 1.29 is 22.7 Å². The Balaban J connectivity index is 2.22. The maximum atomic E-state index is 12.6. The highest BCUT2D eigenvalue weighted by Crippen LogP contribution is 2.33. The standard InChI is InChI=1S/C15H15F3N2O2S/c1-8-12(7-11(19)14(21)22-2)23-13(20-8)9-3-5-10(6-4-9)15(16,17)18/h3-6,11H,7,19H2,1-2H3. The molecule has 124 valence electrons. The number of thiazole rings is 1. The Bertz CT molecular complexity index is 696. The summed E-state index contributed by atoms with van der Waals surface area (Å²) < 4.78 is 42.3. The lowest BCUT2D eigenvalue weighted by Crippen LogP contribution is -2.33. The van der Waals surface area contributed by atoms with Gasteiger partial charge in [-0.15, -0.1) is 11.3 Å². The Kier molecular flexibility index (Phi) is 5.06. The van der Waals surface area contributed by atoms with E-state index >= 15 is 0 Å². The molecule has 1 heterocycles. The van der Waals surface area contributed by atoms with Crippen LogP contribution in [0.2, 0.25) is 0 Å². The van der Waals surface area contributed by atoms with Crippen LogP contribution < -0.4 is 5.73 Å². The van der Waals surface area contributed by atoms with Crippen LogP contribution in [0.25, 0.3) is 10.6 Å². The molecule has 0 bridgehead atoms. The van der Waals surface area contributed by atoms with Gasteiger partial charge in [0.1, 0.15) is 11.0 Å². The molecular weight excluding hydrogens is 329 g/mol. The second-order valence-electron chi connectivity index (χ2n) is 4.94. The number of aromatic nitrogens is 1. The highest BCUT2D eigenvalue weighted by Gasteiger charge is 2.30. The maximum Gasteiger partial charge on any atom is 0.416 e. The van der Waals surface area contributed by atoms with Gasteiger partial charge in [-0.2, -0.15) is 13.2 Å². The predicted molar refractivity (Wildman–Crippen MR) is 81.0 cm³/mol. The van der Waals surface area contributed by atoms with E-state index in [9.17, 15) is 18.0 Å². The normalized spacial score (nSPS) is 13.0. The summed E-state index contributed by atoms with van der Waals surface area (Å²) in [7, 11) is 1.26. The molecule has 0 radical (unpaired) electrons. The Morgan fingerprint density at radius 1 is 1.35 bits per heavy atom. The van der Waals surface area contributed by atoms with Crippen molar-refractivity contribution in [3.63, 3.8) is 0 Å². The molecule has 0 aliphatic heterocycles. The first kappa shape index (κ1) is 17.4. The lowest BCUT2D eigenvalue weighted by molar-refractivity contribution is -0.142. The molecule has 1 atom stereocenters. The number of halogens is 3. The third-order valence-corrected chi connectivity index (χ3v) is 4.49. The van der Waals surface area contributed by atoms with Gasteiger partial charge < -0.3 is 10.5 Å². The Hall–Kier alpha value is -1.93. The molecule has 0 aliphatic carbocycles. The zero-order valence-corrected chi connectivity index (χ0v) is 13.3. The minimum atomic E-state index is -4.37. The average molecular weight is 344 g/mol. The zero-order chi connectivity index (χ0) is 17.2. The molecule has 23 heavy (non-hydrogen) atoms. The first-order valence-corrected chi connectivity index (χ1v) is 7.51. The fraction of sp³-hybridized carbons (Fsp3) is 0.333. The van der Waals surface area contributed by atoms with Gasteiger partial charge in [0.25, 0.3) is 0 Å². The van der Waals surface area contributed by atoms with Crippen LogP contribution in [-0.4, -0.2) is 24.1 Å². The number of methoxy groups -OCH3 is 1. The zero-order valence-electron chi connectivity index (χ0n) is 12.5. The Morgan fingerprint density at radius 3 is 2.48 bits per heavy atom. The first-order chi connectivity index (χ1) is 10.7. The molecule has 0 aliphatic rings. The molecule has 2 N–H and O–H groups in total. The topological polar surface area (TPSA) is 65.2 Å². The minimum absolute atomic E-state index is 0.275. The van der Waals surface area contributed by atoms with Gasteiger partial charge in [0.15, 0.2) is 0 Å². The van der Waals surface area contributed by atoms with Crippen molar-refractivity contribution >= 4 is 17.3 Å². The Morgan fingerprint density at radius 2 is 1.96 bits per heavy atom. The van der Waals surface area contributed by atoms with E-state index in [1.807, 2.05) is 0 Å². The molecule has 1 aromatic carbocycles. The predicted octanol–water partition coefficient (Wildman–Crippen LogP) is 3.18.